The number of aryl methyl sites for hydroxylation is 2. The van der Waals surface area contributed by atoms with Crippen molar-refractivity contribution in [1.29, 1.82) is 0 Å². The van der Waals surface area contributed by atoms with Crippen LogP contribution in [0.25, 0.3) is 11.3 Å². The topological polar surface area (TPSA) is 43.8 Å². The summed E-state index contributed by atoms with van der Waals surface area (Å²) in [6.07, 6.45) is 0. The summed E-state index contributed by atoms with van der Waals surface area (Å²) in [4.78, 5) is 0. The Morgan fingerprint density at radius 2 is 1.94 bits per heavy atom. The summed E-state index contributed by atoms with van der Waals surface area (Å²) in [7, 11) is 1.91. The molecule has 0 unspecified atom stereocenters. The summed E-state index contributed by atoms with van der Waals surface area (Å²) in [5.41, 5.74) is 9.98. The molecule has 0 amide bonds. The lowest BCUT2D eigenvalue weighted by atomic mass is 10.1. The highest BCUT2D eigenvalue weighted by atomic mass is 79.9. The summed E-state index contributed by atoms with van der Waals surface area (Å²) in [6.45, 7) is 2.55. The number of rotatable bonds is 2. The van der Waals surface area contributed by atoms with Crippen molar-refractivity contribution in [3.63, 3.8) is 0 Å². The predicted molar refractivity (Wildman–Crippen MR) is 69.0 cm³/mol. The van der Waals surface area contributed by atoms with Crippen molar-refractivity contribution in [1.82, 2.24) is 9.78 Å². The number of nitrogens with zero attached hydrogens (tertiary/aromatic N) is 2. The molecule has 1 heterocycles. The minimum Gasteiger partial charge on any atom is -0.325 e. The molecule has 0 saturated carbocycles. The van der Waals surface area contributed by atoms with Crippen LogP contribution < -0.4 is 5.73 Å². The molecule has 0 aliphatic rings. The van der Waals surface area contributed by atoms with E-state index in [0.717, 1.165) is 21.4 Å². The van der Waals surface area contributed by atoms with Gasteiger partial charge in [-0.3, -0.25) is 4.68 Å². The first-order valence-electron chi connectivity index (χ1n) is 5.12. The quantitative estimate of drug-likeness (QED) is 0.919. The fraction of sp³-hybridized carbons (Fsp3) is 0.250. The zero-order valence-corrected chi connectivity index (χ0v) is 11.0. The maximum Gasteiger partial charge on any atom is 0.107 e. The van der Waals surface area contributed by atoms with E-state index in [1.54, 1.807) is 0 Å². The second-order valence-corrected chi connectivity index (χ2v) is 4.60. The van der Waals surface area contributed by atoms with Crippen LogP contribution in [-0.4, -0.2) is 9.78 Å². The van der Waals surface area contributed by atoms with Crippen molar-refractivity contribution in [3.05, 3.63) is 40.0 Å². The van der Waals surface area contributed by atoms with E-state index >= 15 is 0 Å². The first-order valence-corrected chi connectivity index (χ1v) is 5.91. The molecule has 16 heavy (non-hydrogen) atoms. The minimum atomic E-state index is 0.482. The molecule has 2 rings (SSSR count). The molecule has 0 fully saturated rings. The van der Waals surface area contributed by atoms with Crippen LogP contribution in [0.2, 0.25) is 0 Å². The zero-order chi connectivity index (χ0) is 11.7. The van der Waals surface area contributed by atoms with Gasteiger partial charge in [-0.1, -0.05) is 29.8 Å². The average molecular weight is 280 g/mol. The maximum atomic E-state index is 5.68. The van der Waals surface area contributed by atoms with Gasteiger partial charge in [0.15, 0.2) is 0 Å². The molecule has 0 atom stereocenters. The summed E-state index contributed by atoms with van der Waals surface area (Å²) in [6, 6.07) is 8.31. The van der Waals surface area contributed by atoms with Crippen LogP contribution in [-0.2, 0) is 13.6 Å². The van der Waals surface area contributed by atoms with Gasteiger partial charge in [-0.2, -0.15) is 5.10 Å². The van der Waals surface area contributed by atoms with Crippen molar-refractivity contribution in [3.8, 4) is 11.3 Å². The Balaban J connectivity index is 2.52. The van der Waals surface area contributed by atoms with Crippen LogP contribution in [0.5, 0.6) is 0 Å². The molecule has 2 N–H and O–H groups in total. The molecule has 0 bridgehead atoms. The fourth-order valence-corrected chi connectivity index (χ4v) is 2.38. The molecular weight excluding hydrogens is 266 g/mol. The van der Waals surface area contributed by atoms with Crippen LogP contribution in [0.1, 0.15) is 11.3 Å². The van der Waals surface area contributed by atoms with Gasteiger partial charge in [0.05, 0.1) is 10.2 Å². The number of hydrogen-bond donors (Lipinski definition) is 1. The van der Waals surface area contributed by atoms with E-state index in [1.807, 2.05) is 11.7 Å². The second-order valence-electron chi connectivity index (χ2n) is 3.80. The van der Waals surface area contributed by atoms with E-state index in [9.17, 15) is 0 Å². The van der Waals surface area contributed by atoms with E-state index in [2.05, 4.69) is 52.2 Å². The van der Waals surface area contributed by atoms with Gasteiger partial charge in [-0.15, -0.1) is 0 Å². The van der Waals surface area contributed by atoms with Crippen LogP contribution in [0, 0.1) is 6.92 Å². The van der Waals surface area contributed by atoms with Crippen molar-refractivity contribution < 1.29 is 0 Å². The molecule has 84 valence electrons. The fourth-order valence-electron chi connectivity index (χ4n) is 1.65. The van der Waals surface area contributed by atoms with Crippen LogP contribution in [0.15, 0.2) is 28.7 Å². The van der Waals surface area contributed by atoms with Crippen molar-refractivity contribution in [2.75, 3.05) is 0 Å². The number of halogens is 1. The van der Waals surface area contributed by atoms with Gasteiger partial charge in [0, 0.05) is 19.2 Å². The Morgan fingerprint density at radius 3 is 2.44 bits per heavy atom. The Labute approximate surface area is 103 Å². The highest BCUT2D eigenvalue weighted by molar-refractivity contribution is 9.10. The summed E-state index contributed by atoms with van der Waals surface area (Å²) >= 11 is 3.55. The third kappa shape index (κ3) is 1.90. The van der Waals surface area contributed by atoms with Gasteiger partial charge in [0.25, 0.3) is 0 Å². The highest BCUT2D eigenvalue weighted by Gasteiger charge is 2.13. The third-order valence-electron chi connectivity index (χ3n) is 2.62. The largest absolute Gasteiger partial charge is 0.325 e. The van der Waals surface area contributed by atoms with Gasteiger partial charge in [0.1, 0.15) is 5.69 Å². The van der Waals surface area contributed by atoms with E-state index < -0.39 is 0 Å². The van der Waals surface area contributed by atoms with Crippen molar-refractivity contribution in [2.45, 2.75) is 13.5 Å². The standard InChI is InChI=1S/C12H14BrN3/c1-8-3-5-9(6-4-8)12-11(13)10(7-14)16(2)15-12/h3-6H,7,14H2,1-2H3. The van der Waals surface area contributed by atoms with Crippen molar-refractivity contribution >= 4 is 15.9 Å². The molecule has 2 aromatic rings. The average Bonchev–Trinajstić information content (AvgIpc) is 2.55. The van der Waals surface area contributed by atoms with E-state index in [-0.39, 0.29) is 0 Å². The Bertz CT molecular complexity index is 500. The van der Waals surface area contributed by atoms with Crippen LogP contribution in [0.3, 0.4) is 0 Å². The summed E-state index contributed by atoms with van der Waals surface area (Å²) in [5.74, 6) is 0. The maximum absolute atomic E-state index is 5.68. The van der Waals surface area contributed by atoms with Gasteiger partial charge in [-0.05, 0) is 22.9 Å². The van der Waals surface area contributed by atoms with Gasteiger partial charge in [-0.25, -0.2) is 0 Å². The smallest absolute Gasteiger partial charge is 0.107 e. The SMILES string of the molecule is Cc1ccc(-c2nn(C)c(CN)c2Br)cc1. The Morgan fingerprint density at radius 1 is 1.31 bits per heavy atom. The third-order valence-corrected chi connectivity index (χ3v) is 3.45. The molecular formula is C12H14BrN3. The molecule has 0 spiro atoms. The number of hydrogen-bond acceptors (Lipinski definition) is 2. The zero-order valence-electron chi connectivity index (χ0n) is 9.37. The van der Waals surface area contributed by atoms with E-state index in [0.29, 0.717) is 6.54 Å². The van der Waals surface area contributed by atoms with E-state index in [4.69, 9.17) is 5.73 Å². The molecule has 0 aliphatic heterocycles. The number of aromatic nitrogens is 2. The van der Waals surface area contributed by atoms with Crippen molar-refractivity contribution in [2.24, 2.45) is 12.8 Å². The Hall–Kier alpha value is -1.13. The first kappa shape index (κ1) is 11.4. The molecule has 3 nitrogen and oxygen atoms in total. The first-order chi connectivity index (χ1) is 7.63. The lowest BCUT2D eigenvalue weighted by Crippen LogP contribution is -2.04. The molecule has 1 aromatic heterocycles. The molecule has 4 heteroatoms. The summed E-state index contributed by atoms with van der Waals surface area (Å²) in [5, 5.41) is 4.47. The predicted octanol–water partition coefficient (Wildman–Crippen LogP) is 2.62. The van der Waals surface area contributed by atoms with Gasteiger partial charge < -0.3 is 5.73 Å². The molecule has 0 radical (unpaired) electrons. The lowest BCUT2D eigenvalue weighted by molar-refractivity contribution is 0.713. The molecule has 1 aromatic carbocycles. The molecule has 0 saturated heterocycles. The normalized spacial score (nSPS) is 10.8. The highest BCUT2D eigenvalue weighted by Crippen LogP contribution is 2.29. The van der Waals surface area contributed by atoms with Crippen LogP contribution in [0.4, 0.5) is 0 Å². The monoisotopic (exact) mass is 279 g/mol. The second kappa shape index (κ2) is 4.39. The van der Waals surface area contributed by atoms with Crippen LogP contribution >= 0.6 is 15.9 Å². The molecule has 0 aliphatic carbocycles. The van der Waals surface area contributed by atoms with Gasteiger partial charge >= 0.3 is 0 Å². The summed E-state index contributed by atoms with van der Waals surface area (Å²) < 4.78 is 2.81. The number of nitrogens with two attached hydrogens (primary N) is 1. The van der Waals surface area contributed by atoms with Gasteiger partial charge in [0.2, 0.25) is 0 Å². The Kier molecular flexibility index (Phi) is 3.12. The van der Waals surface area contributed by atoms with E-state index in [1.165, 1.54) is 5.56 Å². The minimum absolute atomic E-state index is 0.482. The lowest BCUT2D eigenvalue weighted by Gasteiger charge is -1.98. The number of benzene rings is 1.